The average Bonchev–Trinajstić information content (AvgIpc) is 3.52. The number of benzene rings is 2. The molecule has 2 fully saturated rings. The van der Waals surface area contributed by atoms with Gasteiger partial charge in [-0.05, 0) is 85.4 Å². The summed E-state index contributed by atoms with van der Waals surface area (Å²) in [6.45, 7) is 12.2. The summed E-state index contributed by atoms with van der Waals surface area (Å²) in [5, 5.41) is 11.3. The van der Waals surface area contributed by atoms with Crippen LogP contribution in [0.2, 0.25) is 0 Å². The van der Waals surface area contributed by atoms with Gasteiger partial charge in [0.2, 0.25) is 5.95 Å². The molecule has 0 atom stereocenters. The zero-order valence-electron chi connectivity index (χ0n) is 28.2. The molecule has 2 aromatic carbocycles. The molecule has 2 aliphatic rings. The predicted molar refractivity (Wildman–Crippen MR) is 196 cm³/mol. The fourth-order valence-electron chi connectivity index (χ4n) is 6.54. The van der Waals surface area contributed by atoms with Gasteiger partial charge in [0.05, 0.1) is 41.0 Å². The van der Waals surface area contributed by atoms with Gasteiger partial charge in [0.25, 0.3) is 0 Å². The van der Waals surface area contributed by atoms with Crippen LogP contribution < -0.4 is 25.6 Å². The lowest BCUT2D eigenvalue weighted by Crippen LogP contribution is -2.52. The number of piperazine rings is 1. The number of aryl methyl sites for hydroxylation is 1. The third-order valence-corrected chi connectivity index (χ3v) is 11.4. The Morgan fingerprint density at radius 1 is 1.02 bits per heavy atom. The zero-order valence-corrected chi connectivity index (χ0v) is 30.7. The molecule has 48 heavy (non-hydrogen) atoms. The molecule has 0 saturated carbocycles. The molecule has 2 aromatic heterocycles. The van der Waals surface area contributed by atoms with Crippen LogP contribution in [0.4, 0.5) is 33.2 Å². The normalized spacial score (nSPS) is 16.7. The van der Waals surface area contributed by atoms with Crippen molar-refractivity contribution in [3.05, 3.63) is 64.8 Å². The standard InChI is InChI=1S/C34H44BrFN9O2P/c1-6-23-17-29(31(47-3)19-30(23)44-11-9-25(10-12-44)43-15-13-42(2)14-16-43)40-34-37-21-27(35)33(41-34)39-28-8-7-26(18-32(28)48(4,5)46)45-22-24(36)20-38-45/h7-8,17-22,25H,6,9-16H2,1-5H3,(H2,37,39,40,41). The van der Waals surface area contributed by atoms with E-state index in [1.54, 1.807) is 44.8 Å². The smallest absolute Gasteiger partial charge is 0.229 e. The van der Waals surface area contributed by atoms with Crippen molar-refractivity contribution in [1.29, 1.82) is 0 Å². The van der Waals surface area contributed by atoms with Crippen molar-refractivity contribution in [1.82, 2.24) is 29.5 Å². The molecule has 256 valence electrons. The lowest BCUT2D eigenvalue weighted by molar-refractivity contribution is 0.0982. The number of likely N-dealkylation sites (N-methyl/N-ethyl adjacent to an activating group) is 1. The van der Waals surface area contributed by atoms with E-state index in [0.29, 0.717) is 39.0 Å². The molecule has 2 aliphatic heterocycles. The fraction of sp³-hybridized carbons (Fsp3) is 0.441. The summed E-state index contributed by atoms with van der Waals surface area (Å²) < 4.78 is 34.9. The van der Waals surface area contributed by atoms with Crippen LogP contribution in [0.3, 0.4) is 0 Å². The van der Waals surface area contributed by atoms with E-state index < -0.39 is 13.0 Å². The summed E-state index contributed by atoms with van der Waals surface area (Å²) in [4.78, 5) is 16.9. The molecule has 14 heteroatoms. The summed E-state index contributed by atoms with van der Waals surface area (Å²) in [5.41, 5.74) is 4.45. The number of nitrogens with one attached hydrogen (secondary N) is 2. The minimum atomic E-state index is -2.76. The first kappa shape index (κ1) is 34.4. The van der Waals surface area contributed by atoms with E-state index in [-0.39, 0.29) is 0 Å². The van der Waals surface area contributed by atoms with Crippen LogP contribution in [-0.4, -0.2) is 102 Å². The van der Waals surface area contributed by atoms with Crippen molar-refractivity contribution in [2.75, 3.05) is 82.3 Å². The second kappa shape index (κ2) is 14.5. The Balaban J connectivity index is 1.21. The Morgan fingerprint density at radius 2 is 1.77 bits per heavy atom. The molecule has 6 rings (SSSR count). The second-order valence-corrected chi connectivity index (χ2v) is 16.9. The van der Waals surface area contributed by atoms with Gasteiger partial charge < -0.3 is 29.7 Å². The van der Waals surface area contributed by atoms with Crippen molar-refractivity contribution >= 4 is 57.2 Å². The molecular weight excluding hydrogens is 696 g/mol. The Kier molecular flexibility index (Phi) is 10.4. The number of anilines is 5. The Labute approximate surface area is 290 Å². The Hall–Kier alpha value is -3.51. The molecule has 0 unspecified atom stereocenters. The molecule has 0 amide bonds. The number of nitrogens with zero attached hydrogens (tertiary/aromatic N) is 7. The minimum Gasteiger partial charge on any atom is -0.494 e. The van der Waals surface area contributed by atoms with E-state index in [4.69, 9.17) is 9.72 Å². The molecular formula is C34H44BrFN9O2P. The molecule has 11 nitrogen and oxygen atoms in total. The van der Waals surface area contributed by atoms with Crippen LogP contribution in [0.15, 0.2) is 53.4 Å². The molecule has 2 saturated heterocycles. The summed E-state index contributed by atoms with van der Waals surface area (Å²) in [7, 11) is 1.13. The van der Waals surface area contributed by atoms with Crippen LogP contribution in [0.25, 0.3) is 5.69 Å². The summed E-state index contributed by atoms with van der Waals surface area (Å²) in [6.07, 6.45) is 7.29. The Morgan fingerprint density at radius 3 is 2.42 bits per heavy atom. The number of hydrogen-bond acceptors (Lipinski definition) is 10. The molecule has 2 N–H and O–H groups in total. The van der Waals surface area contributed by atoms with Crippen molar-refractivity contribution in [2.24, 2.45) is 0 Å². The highest BCUT2D eigenvalue weighted by Gasteiger charge is 2.28. The van der Waals surface area contributed by atoms with Gasteiger partial charge in [-0.3, -0.25) is 4.90 Å². The number of aromatic nitrogens is 4. The highest BCUT2D eigenvalue weighted by Crippen LogP contribution is 2.40. The number of piperidine rings is 1. The molecule has 4 aromatic rings. The van der Waals surface area contributed by atoms with Gasteiger partial charge in [-0.2, -0.15) is 10.1 Å². The zero-order chi connectivity index (χ0) is 34.0. The van der Waals surface area contributed by atoms with E-state index >= 15 is 0 Å². The topological polar surface area (TPSA) is 104 Å². The maximum Gasteiger partial charge on any atom is 0.229 e. The van der Waals surface area contributed by atoms with Crippen molar-refractivity contribution in [3.8, 4) is 11.4 Å². The van der Waals surface area contributed by atoms with Gasteiger partial charge in [0, 0.05) is 68.6 Å². The van der Waals surface area contributed by atoms with Gasteiger partial charge >= 0.3 is 0 Å². The van der Waals surface area contributed by atoms with E-state index in [9.17, 15) is 8.96 Å². The highest BCUT2D eigenvalue weighted by atomic mass is 79.9. The largest absolute Gasteiger partial charge is 0.494 e. The average molecular weight is 741 g/mol. The molecule has 0 spiro atoms. The van der Waals surface area contributed by atoms with Gasteiger partial charge in [0.1, 0.15) is 18.7 Å². The van der Waals surface area contributed by atoms with E-state index in [1.165, 1.54) is 22.1 Å². The maximum atomic E-state index is 13.6. The van der Waals surface area contributed by atoms with Gasteiger partial charge in [0.15, 0.2) is 5.82 Å². The number of methoxy groups -OCH3 is 1. The summed E-state index contributed by atoms with van der Waals surface area (Å²) in [6, 6.07) is 10.3. The first-order valence-electron chi connectivity index (χ1n) is 16.4. The van der Waals surface area contributed by atoms with Crippen LogP contribution in [0, 0.1) is 5.82 Å². The van der Waals surface area contributed by atoms with Crippen molar-refractivity contribution in [3.63, 3.8) is 0 Å². The molecule has 0 bridgehead atoms. The highest BCUT2D eigenvalue weighted by molar-refractivity contribution is 9.10. The van der Waals surface area contributed by atoms with Gasteiger partial charge in [-0.1, -0.05) is 6.92 Å². The van der Waals surface area contributed by atoms with Crippen molar-refractivity contribution < 1.29 is 13.7 Å². The predicted octanol–water partition coefficient (Wildman–Crippen LogP) is 6.09. The number of halogens is 2. The lowest BCUT2D eigenvalue weighted by atomic mass is 9.99. The van der Waals surface area contributed by atoms with Crippen LogP contribution in [0.1, 0.15) is 25.3 Å². The van der Waals surface area contributed by atoms with E-state index in [1.807, 2.05) is 0 Å². The number of hydrogen-bond donors (Lipinski definition) is 2. The van der Waals surface area contributed by atoms with Crippen LogP contribution >= 0.6 is 23.1 Å². The lowest BCUT2D eigenvalue weighted by Gasteiger charge is -2.43. The SMILES string of the molecule is CCc1cc(Nc2ncc(Br)c(Nc3ccc(-n4cc(F)cn4)cc3P(C)(C)=O)n2)c(OC)cc1N1CCC(N2CCN(C)CC2)CC1. The minimum absolute atomic E-state index is 0.378. The Bertz CT molecular complexity index is 1800. The van der Waals surface area contributed by atoms with Gasteiger partial charge in [-0.25, -0.2) is 14.1 Å². The number of rotatable bonds is 10. The monoisotopic (exact) mass is 739 g/mol. The third-order valence-electron chi connectivity index (χ3n) is 9.26. The molecule has 4 heterocycles. The fourth-order valence-corrected chi connectivity index (χ4v) is 7.98. The maximum absolute atomic E-state index is 13.6. The van der Waals surface area contributed by atoms with E-state index in [2.05, 4.69) is 77.5 Å². The molecule has 0 aliphatic carbocycles. The second-order valence-electron chi connectivity index (χ2n) is 12.9. The van der Waals surface area contributed by atoms with Crippen molar-refractivity contribution in [2.45, 2.75) is 32.2 Å². The van der Waals surface area contributed by atoms with Gasteiger partial charge in [-0.15, -0.1) is 0 Å². The number of ether oxygens (including phenoxy) is 1. The van der Waals surface area contributed by atoms with E-state index in [0.717, 1.165) is 76.2 Å². The van der Waals surface area contributed by atoms with Crippen LogP contribution in [-0.2, 0) is 11.0 Å². The summed E-state index contributed by atoms with van der Waals surface area (Å²) in [5.74, 6) is 1.14. The van der Waals surface area contributed by atoms with Crippen LogP contribution in [0.5, 0.6) is 5.75 Å². The first-order chi connectivity index (χ1) is 23.0. The summed E-state index contributed by atoms with van der Waals surface area (Å²) >= 11 is 3.56. The quantitative estimate of drug-likeness (QED) is 0.186. The first-order valence-corrected chi connectivity index (χ1v) is 19.8. The third kappa shape index (κ3) is 7.70. The molecule has 0 radical (unpaired) electrons.